The summed E-state index contributed by atoms with van der Waals surface area (Å²) in [6, 6.07) is 12.9. The number of benzene rings is 1. The second-order valence-corrected chi connectivity index (χ2v) is 7.05. The van der Waals surface area contributed by atoms with E-state index in [0.29, 0.717) is 22.1 Å². The van der Waals surface area contributed by atoms with E-state index in [2.05, 4.69) is 15.3 Å². The molecule has 3 aromatic heterocycles. The van der Waals surface area contributed by atoms with Crippen molar-refractivity contribution < 1.29 is 18.7 Å². The average Bonchev–Trinajstić information content (AvgIpc) is 3.44. The third-order valence-electron chi connectivity index (χ3n) is 4.23. The molecule has 0 aliphatic heterocycles. The van der Waals surface area contributed by atoms with E-state index >= 15 is 0 Å². The number of furan rings is 1. The summed E-state index contributed by atoms with van der Waals surface area (Å²) >= 11 is 1.22. The summed E-state index contributed by atoms with van der Waals surface area (Å²) in [4.78, 5) is 33.8. The zero-order valence-electron chi connectivity index (χ0n) is 16.0. The fraction of sp³-hybridized carbons (Fsp3) is 0.0909. The van der Waals surface area contributed by atoms with Gasteiger partial charge in [0.05, 0.1) is 18.4 Å². The summed E-state index contributed by atoms with van der Waals surface area (Å²) in [6.07, 6.45) is 4.43. The first-order valence-corrected chi connectivity index (χ1v) is 10.1. The Labute approximate surface area is 176 Å². The molecule has 0 fully saturated rings. The summed E-state index contributed by atoms with van der Waals surface area (Å²) < 4.78 is 10.6. The molecule has 0 atom stereocenters. The molecular formula is C22H17N3O4S. The lowest BCUT2D eigenvalue weighted by molar-refractivity contribution is 0.0529. The maximum atomic E-state index is 12.7. The third-order valence-corrected chi connectivity index (χ3v) is 5.13. The molecule has 0 saturated heterocycles. The normalized spacial score (nSPS) is 10.6. The fourth-order valence-corrected chi connectivity index (χ4v) is 3.76. The predicted octanol–water partition coefficient (Wildman–Crippen LogP) is 4.89. The van der Waals surface area contributed by atoms with Crippen LogP contribution in [0.15, 0.2) is 70.9 Å². The quantitative estimate of drug-likeness (QED) is 0.447. The Balaban J connectivity index is 1.59. The third kappa shape index (κ3) is 3.99. The second-order valence-electron chi connectivity index (χ2n) is 6.17. The van der Waals surface area contributed by atoms with Gasteiger partial charge in [-0.15, -0.1) is 11.3 Å². The van der Waals surface area contributed by atoms with E-state index in [-0.39, 0.29) is 17.7 Å². The van der Waals surface area contributed by atoms with Gasteiger partial charge in [0.1, 0.15) is 16.3 Å². The van der Waals surface area contributed by atoms with E-state index in [1.165, 1.54) is 30.0 Å². The van der Waals surface area contributed by atoms with Gasteiger partial charge in [-0.1, -0.05) is 30.3 Å². The van der Waals surface area contributed by atoms with Crippen LogP contribution in [0.25, 0.3) is 22.7 Å². The van der Waals surface area contributed by atoms with Crippen LogP contribution in [0.5, 0.6) is 0 Å². The van der Waals surface area contributed by atoms with Gasteiger partial charge in [0.2, 0.25) is 0 Å². The Morgan fingerprint density at radius 2 is 1.87 bits per heavy atom. The van der Waals surface area contributed by atoms with E-state index in [1.54, 1.807) is 24.4 Å². The van der Waals surface area contributed by atoms with Crippen molar-refractivity contribution in [1.29, 1.82) is 0 Å². The van der Waals surface area contributed by atoms with E-state index in [4.69, 9.17) is 9.15 Å². The molecule has 0 aliphatic rings. The number of thiophene rings is 1. The molecule has 4 rings (SSSR count). The molecule has 1 amide bonds. The number of hydrogen-bond donors (Lipinski definition) is 1. The molecule has 0 bridgehead atoms. The molecule has 1 N–H and O–H groups in total. The molecule has 4 aromatic rings. The van der Waals surface area contributed by atoms with Gasteiger partial charge in [0, 0.05) is 28.9 Å². The first-order chi connectivity index (χ1) is 14.7. The van der Waals surface area contributed by atoms with E-state index in [0.717, 1.165) is 5.56 Å². The number of carbonyl (C=O) groups is 2. The van der Waals surface area contributed by atoms with Crippen LogP contribution in [0.1, 0.15) is 27.6 Å². The van der Waals surface area contributed by atoms with Crippen LogP contribution >= 0.6 is 11.3 Å². The Morgan fingerprint density at radius 1 is 1.10 bits per heavy atom. The minimum atomic E-state index is -0.531. The summed E-state index contributed by atoms with van der Waals surface area (Å²) in [5, 5.41) is 4.88. The lowest BCUT2D eigenvalue weighted by atomic mass is 10.1. The largest absolute Gasteiger partial charge is 0.464 e. The molecular weight excluding hydrogens is 402 g/mol. The summed E-state index contributed by atoms with van der Waals surface area (Å²) in [7, 11) is 0. The first kappa shape index (κ1) is 19.5. The van der Waals surface area contributed by atoms with Crippen molar-refractivity contribution >= 4 is 28.2 Å². The Kier molecular flexibility index (Phi) is 5.67. The van der Waals surface area contributed by atoms with Crippen LogP contribution < -0.4 is 5.32 Å². The molecule has 8 heteroatoms. The van der Waals surface area contributed by atoms with Crippen LogP contribution in [-0.2, 0) is 4.74 Å². The van der Waals surface area contributed by atoms with Crippen LogP contribution in [0.3, 0.4) is 0 Å². The number of amides is 1. The Morgan fingerprint density at radius 3 is 2.53 bits per heavy atom. The summed E-state index contributed by atoms with van der Waals surface area (Å²) in [6.45, 7) is 1.94. The SMILES string of the molecule is CCOC(=O)c1c(-c2ccco2)csc1NC(=O)c1cnc(-c2ccccc2)nc1. The Bertz CT molecular complexity index is 1150. The van der Waals surface area contributed by atoms with Gasteiger partial charge in [0.25, 0.3) is 5.91 Å². The predicted molar refractivity (Wildman–Crippen MR) is 113 cm³/mol. The maximum Gasteiger partial charge on any atom is 0.341 e. The number of ether oxygens (including phenoxy) is 1. The van der Waals surface area contributed by atoms with Crippen LogP contribution in [0.2, 0.25) is 0 Å². The van der Waals surface area contributed by atoms with Gasteiger partial charge >= 0.3 is 5.97 Å². The molecule has 3 heterocycles. The Hall–Kier alpha value is -3.78. The minimum Gasteiger partial charge on any atom is -0.464 e. The minimum absolute atomic E-state index is 0.217. The van der Waals surface area contributed by atoms with E-state index < -0.39 is 11.9 Å². The number of nitrogens with one attached hydrogen (secondary N) is 1. The number of anilines is 1. The van der Waals surface area contributed by atoms with Crippen LogP contribution in [0.4, 0.5) is 5.00 Å². The highest BCUT2D eigenvalue weighted by atomic mass is 32.1. The van der Waals surface area contributed by atoms with Gasteiger partial charge in [-0.3, -0.25) is 4.79 Å². The fourth-order valence-electron chi connectivity index (χ4n) is 2.83. The number of carbonyl (C=O) groups excluding carboxylic acids is 2. The number of esters is 1. The average molecular weight is 419 g/mol. The van der Waals surface area contributed by atoms with Crippen molar-refractivity contribution in [3.63, 3.8) is 0 Å². The van der Waals surface area contributed by atoms with E-state index in [9.17, 15) is 9.59 Å². The molecule has 0 radical (unpaired) electrons. The van der Waals surface area contributed by atoms with Gasteiger partial charge in [-0.25, -0.2) is 14.8 Å². The van der Waals surface area contributed by atoms with Gasteiger partial charge in [0.15, 0.2) is 5.82 Å². The zero-order valence-corrected chi connectivity index (χ0v) is 16.8. The number of rotatable bonds is 6. The molecule has 7 nitrogen and oxygen atoms in total. The van der Waals surface area contributed by atoms with Crippen molar-refractivity contribution in [3.05, 3.63) is 77.6 Å². The van der Waals surface area contributed by atoms with Crippen molar-refractivity contribution in [2.45, 2.75) is 6.92 Å². The smallest absolute Gasteiger partial charge is 0.341 e. The topological polar surface area (TPSA) is 94.3 Å². The van der Waals surface area contributed by atoms with Gasteiger partial charge < -0.3 is 14.5 Å². The van der Waals surface area contributed by atoms with Crippen LogP contribution in [0, 0.1) is 0 Å². The lowest BCUT2D eigenvalue weighted by Crippen LogP contribution is -2.15. The zero-order chi connectivity index (χ0) is 20.9. The van der Waals surface area contributed by atoms with Crippen molar-refractivity contribution in [3.8, 4) is 22.7 Å². The molecule has 0 spiro atoms. The molecule has 30 heavy (non-hydrogen) atoms. The van der Waals surface area contributed by atoms with Crippen molar-refractivity contribution in [2.24, 2.45) is 0 Å². The first-order valence-electron chi connectivity index (χ1n) is 9.18. The van der Waals surface area contributed by atoms with Gasteiger partial charge in [-0.2, -0.15) is 0 Å². The maximum absolute atomic E-state index is 12.7. The molecule has 0 saturated carbocycles. The molecule has 150 valence electrons. The second kappa shape index (κ2) is 8.71. The molecule has 0 unspecified atom stereocenters. The molecule has 1 aromatic carbocycles. The summed E-state index contributed by atoms with van der Waals surface area (Å²) in [5.74, 6) is 0.0880. The monoisotopic (exact) mass is 419 g/mol. The van der Waals surface area contributed by atoms with E-state index in [1.807, 2.05) is 30.3 Å². The highest BCUT2D eigenvalue weighted by molar-refractivity contribution is 7.15. The van der Waals surface area contributed by atoms with Crippen molar-refractivity contribution in [1.82, 2.24) is 9.97 Å². The highest BCUT2D eigenvalue weighted by Gasteiger charge is 2.24. The molecule has 0 aliphatic carbocycles. The highest BCUT2D eigenvalue weighted by Crippen LogP contribution is 2.36. The standard InChI is InChI=1S/C22H17N3O4S/c1-2-28-22(27)18-16(17-9-6-10-29-17)13-30-21(18)25-20(26)15-11-23-19(24-12-15)14-7-4-3-5-8-14/h3-13H,2H2,1H3,(H,25,26). The van der Waals surface area contributed by atoms with Crippen molar-refractivity contribution in [2.75, 3.05) is 11.9 Å². The van der Waals surface area contributed by atoms with Gasteiger partial charge in [-0.05, 0) is 19.1 Å². The van der Waals surface area contributed by atoms with Crippen LogP contribution in [-0.4, -0.2) is 28.5 Å². The lowest BCUT2D eigenvalue weighted by Gasteiger charge is -2.08. The number of hydrogen-bond acceptors (Lipinski definition) is 7. The summed E-state index contributed by atoms with van der Waals surface area (Å²) in [5.41, 5.74) is 1.95. The number of nitrogens with zero attached hydrogens (tertiary/aromatic N) is 2. The number of aromatic nitrogens is 2.